The zero-order valence-electron chi connectivity index (χ0n) is 14.7. The van der Waals surface area contributed by atoms with Gasteiger partial charge in [0.05, 0.1) is 17.4 Å². The van der Waals surface area contributed by atoms with Crippen molar-refractivity contribution in [3.05, 3.63) is 72.0 Å². The van der Waals surface area contributed by atoms with E-state index in [1.54, 1.807) is 19.3 Å². The lowest BCUT2D eigenvalue weighted by Crippen LogP contribution is -2.06. The van der Waals surface area contributed by atoms with Crippen molar-refractivity contribution in [1.29, 1.82) is 0 Å². The van der Waals surface area contributed by atoms with Crippen molar-refractivity contribution in [1.82, 2.24) is 4.98 Å². The molecule has 0 atom stereocenters. The Kier molecular flexibility index (Phi) is 6.74. The molecule has 0 aliphatic carbocycles. The largest absolute Gasteiger partial charge is 0.465 e. The number of halogens is 1. The number of pyridine rings is 1. The van der Waals surface area contributed by atoms with Crippen LogP contribution in [0.5, 0.6) is 11.5 Å². The van der Waals surface area contributed by atoms with Gasteiger partial charge in [-0.3, -0.25) is 9.78 Å². The van der Waals surface area contributed by atoms with Gasteiger partial charge in [0, 0.05) is 22.9 Å². The number of hydrogen-bond donors (Lipinski definition) is 0. The average Bonchev–Trinajstić information content (AvgIpc) is 2.68. The molecule has 0 radical (unpaired) electrons. The van der Waals surface area contributed by atoms with Gasteiger partial charge in [0.15, 0.2) is 0 Å². The monoisotopic (exact) mass is 399 g/mol. The van der Waals surface area contributed by atoms with Crippen molar-refractivity contribution in [3.63, 3.8) is 0 Å². The molecule has 3 rings (SSSR count). The van der Waals surface area contributed by atoms with E-state index in [4.69, 9.17) is 21.1 Å². The highest BCUT2D eigenvalue weighted by Gasteiger charge is 2.06. The summed E-state index contributed by atoms with van der Waals surface area (Å²) in [6.07, 6.45) is 3.33. The Balaban J connectivity index is 1.66. The topological polar surface area (TPSA) is 48.4 Å². The minimum Gasteiger partial charge on any atom is -0.465 e. The second-order valence-corrected chi connectivity index (χ2v) is 7.01. The summed E-state index contributed by atoms with van der Waals surface area (Å²) in [4.78, 5) is 16.4. The summed E-state index contributed by atoms with van der Waals surface area (Å²) in [5.74, 6) is 1.51. The van der Waals surface area contributed by atoms with E-state index in [9.17, 15) is 4.79 Å². The molecule has 2 aromatic carbocycles. The Hall–Kier alpha value is -2.50. The lowest BCUT2D eigenvalue weighted by molar-refractivity contribution is -0.139. The molecule has 0 fully saturated rings. The van der Waals surface area contributed by atoms with E-state index in [0.29, 0.717) is 28.9 Å². The van der Waals surface area contributed by atoms with Crippen molar-refractivity contribution < 1.29 is 14.3 Å². The fourth-order valence-corrected chi connectivity index (χ4v) is 3.35. The molecular formula is C21H18ClNO3S. The van der Waals surface area contributed by atoms with Gasteiger partial charge in [0.2, 0.25) is 0 Å². The van der Waals surface area contributed by atoms with Crippen LogP contribution in [0, 0.1) is 0 Å². The number of aromatic nitrogens is 1. The molecule has 3 aromatic rings. The molecule has 0 aliphatic heterocycles. The van der Waals surface area contributed by atoms with Crippen LogP contribution >= 0.6 is 23.4 Å². The standard InChI is InChI=1S/C21H18ClNO3S/c1-2-25-21(24)14-27-18-8-6-16(7-9-18)26-17-5-3-4-15(12-17)19-10-11-23-13-20(19)22/h3-13H,2,14H2,1H3. The summed E-state index contributed by atoms with van der Waals surface area (Å²) >= 11 is 7.66. The molecule has 0 saturated carbocycles. The lowest BCUT2D eigenvalue weighted by Gasteiger charge is -2.09. The average molecular weight is 400 g/mol. The first-order valence-electron chi connectivity index (χ1n) is 8.42. The molecule has 0 N–H and O–H groups in total. The van der Waals surface area contributed by atoms with E-state index in [0.717, 1.165) is 16.0 Å². The van der Waals surface area contributed by atoms with Gasteiger partial charge in [-0.2, -0.15) is 0 Å². The Morgan fingerprint density at radius 1 is 1.11 bits per heavy atom. The summed E-state index contributed by atoms with van der Waals surface area (Å²) in [6.45, 7) is 2.20. The second kappa shape index (κ2) is 9.44. The molecule has 0 amide bonds. The smallest absolute Gasteiger partial charge is 0.316 e. The maximum absolute atomic E-state index is 11.4. The van der Waals surface area contributed by atoms with Gasteiger partial charge >= 0.3 is 5.97 Å². The number of benzene rings is 2. The number of esters is 1. The van der Waals surface area contributed by atoms with Crippen LogP contribution in [0.15, 0.2) is 71.9 Å². The highest BCUT2D eigenvalue weighted by Crippen LogP contribution is 2.31. The molecule has 1 heterocycles. The fraction of sp³-hybridized carbons (Fsp3) is 0.143. The van der Waals surface area contributed by atoms with Gasteiger partial charge < -0.3 is 9.47 Å². The van der Waals surface area contributed by atoms with Crippen LogP contribution in [0.2, 0.25) is 5.02 Å². The van der Waals surface area contributed by atoms with Crippen LogP contribution in [0.1, 0.15) is 6.92 Å². The third-order valence-corrected chi connectivity index (χ3v) is 4.93. The van der Waals surface area contributed by atoms with Crippen LogP contribution < -0.4 is 4.74 Å². The van der Waals surface area contributed by atoms with E-state index in [-0.39, 0.29) is 5.97 Å². The normalized spacial score (nSPS) is 10.4. The zero-order chi connectivity index (χ0) is 19.1. The molecule has 0 aliphatic rings. The maximum Gasteiger partial charge on any atom is 0.316 e. The zero-order valence-corrected chi connectivity index (χ0v) is 16.3. The van der Waals surface area contributed by atoms with E-state index in [2.05, 4.69) is 4.98 Å². The number of ether oxygens (including phenoxy) is 2. The molecular weight excluding hydrogens is 382 g/mol. The Bertz CT molecular complexity index is 915. The maximum atomic E-state index is 11.4. The van der Waals surface area contributed by atoms with E-state index >= 15 is 0 Å². The second-order valence-electron chi connectivity index (χ2n) is 5.55. The van der Waals surface area contributed by atoms with Crippen LogP contribution in [0.3, 0.4) is 0 Å². The quantitative estimate of drug-likeness (QED) is 0.368. The summed E-state index contributed by atoms with van der Waals surface area (Å²) in [6, 6.07) is 17.2. The lowest BCUT2D eigenvalue weighted by atomic mass is 10.1. The van der Waals surface area contributed by atoms with Gasteiger partial charge in [0.25, 0.3) is 0 Å². The number of hydrogen-bond acceptors (Lipinski definition) is 5. The number of rotatable bonds is 7. The predicted octanol–water partition coefficient (Wildman–Crippen LogP) is 5.85. The SMILES string of the molecule is CCOC(=O)CSc1ccc(Oc2cccc(-c3ccncc3Cl)c2)cc1. The van der Waals surface area contributed by atoms with Crippen LogP contribution in [-0.4, -0.2) is 23.3 Å². The van der Waals surface area contributed by atoms with Crippen LogP contribution in [-0.2, 0) is 9.53 Å². The molecule has 138 valence electrons. The van der Waals surface area contributed by atoms with Gasteiger partial charge in [0.1, 0.15) is 11.5 Å². The van der Waals surface area contributed by atoms with Crippen molar-refractivity contribution in [2.45, 2.75) is 11.8 Å². The molecule has 1 aromatic heterocycles. The first kappa shape index (κ1) is 19.3. The van der Waals surface area contributed by atoms with Crippen molar-refractivity contribution >= 4 is 29.3 Å². The van der Waals surface area contributed by atoms with Gasteiger partial charge in [-0.15, -0.1) is 11.8 Å². The Morgan fingerprint density at radius 3 is 2.67 bits per heavy atom. The number of nitrogens with zero attached hydrogens (tertiary/aromatic N) is 1. The van der Waals surface area contributed by atoms with Gasteiger partial charge in [-0.05, 0) is 55.0 Å². The molecule has 0 spiro atoms. The van der Waals surface area contributed by atoms with E-state index in [1.165, 1.54) is 11.8 Å². The van der Waals surface area contributed by atoms with Crippen LogP contribution in [0.4, 0.5) is 0 Å². The third kappa shape index (κ3) is 5.49. The third-order valence-electron chi connectivity index (χ3n) is 3.64. The van der Waals surface area contributed by atoms with Crippen molar-refractivity contribution in [2.24, 2.45) is 0 Å². The van der Waals surface area contributed by atoms with Gasteiger partial charge in [-0.25, -0.2) is 0 Å². The molecule has 4 nitrogen and oxygen atoms in total. The molecule has 0 unspecified atom stereocenters. The molecule has 0 bridgehead atoms. The van der Waals surface area contributed by atoms with Gasteiger partial charge in [-0.1, -0.05) is 23.7 Å². The highest BCUT2D eigenvalue weighted by atomic mass is 35.5. The highest BCUT2D eigenvalue weighted by molar-refractivity contribution is 8.00. The summed E-state index contributed by atoms with van der Waals surface area (Å²) in [5.41, 5.74) is 1.87. The summed E-state index contributed by atoms with van der Waals surface area (Å²) in [7, 11) is 0. The number of thioether (sulfide) groups is 1. The van der Waals surface area contributed by atoms with Crippen molar-refractivity contribution in [3.8, 4) is 22.6 Å². The van der Waals surface area contributed by atoms with Crippen LogP contribution in [0.25, 0.3) is 11.1 Å². The fourth-order valence-electron chi connectivity index (χ4n) is 2.42. The predicted molar refractivity (Wildman–Crippen MR) is 109 cm³/mol. The number of carbonyl (C=O) groups excluding carboxylic acids is 1. The number of carbonyl (C=O) groups is 1. The molecule has 6 heteroatoms. The minimum atomic E-state index is -0.214. The van der Waals surface area contributed by atoms with Crippen molar-refractivity contribution in [2.75, 3.05) is 12.4 Å². The molecule has 0 saturated heterocycles. The first-order chi connectivity index (χ1) is 13.2. The summed E-state index contributed by atoms with van der Waals surface area (Å²) < 4.78 is 10.9. The Morgan fingerprint density at radius 2 is 1.93 bits per heavy atom. The first-order valence-corrected chi connectivity index (χ1v) is 9.78. The van der Waals surface area contributed by atoms with E-state index < -0.39 is 0 Å². The Labute approximate surface area is 167 Å². The summed E-state index contributed by atoms with van der Waals surface area (Å²) in [5, 5.41) is 0.595. The van der Waals surface area contributed by atoms with E-state index in [1.807, 2.05) is 54.6 Å². The molecule has 27 heavy (non-hydrogen) atoms. The minimum absolute atomic E-state index is 0.214.